The van der Waals surface area contributed by atoms with E-state index in [1.165, 1.54) is 37.1 Å². The number of likely N-dealkylation sites (tertiary alicyclic amines) is 1. The van der Waals surface area contributed by atoms with E-state index in [0.29, 0.717) is 0 Å². The molecule has 1 saturated heterocycles. The maximum Gasteiger partial charge on any atom is 0.0233 e. The van der Waals surface area contributed by atoms with Crippen LogP contribution in [0, 0.1) is 0 Å². The van der Waals surface area contributed by atoms with Gasteiger partial charge in [-0.1, -0.05) is 61.0 Å². The molecule has 1 aromatic carbocycles. The van der Waals surface area contributed by atoms with Crippen LogP contribution in [0.4, 0.5) is 0 Å². The Hall–Kier alpha value is -0.340. The summed E-state index contributed by atoms with van der Waals surface area (Å²) in [5.41, 5.74) is 3.12. The van der Waals surface area contributed by atoms with Gasteiger partial charge in [-0.25, -0.2) is 0 Å². The summed E-state index contributed by atoms with van der Waals surface area (Å²) in [6, 6.07) is 9.15. The van der Waals surface area contributed by atoms with E-state index in [1.54, 1.807) is 0 Å². The molecule has 2 heteroatoms. The van der Waals surface area contributed by atoms with Gasteiger partial charge in [0.1, 0.15) is 0 Å². The van der Waals surface area contributed by atoms with Crippen LogP contribution in [0.1, 0.15) is 44.7 Å². The number of benzene rings is 1. The highest BCUT2D eigenvalue weighted by Gasteiger charge is 2.17. The van der Waals surface area contributed by atoms with Crippen LogP contribution in [0.3, 0.4) is 0 Å². The Bertz CT molecular complexity index is 369. The molecule has 1 nitrogen and oxygen atoms in total. The summed E-state index contributed by atoms with van der Waals surface area (Å²) in [4.78, 5) is 3.29. The molecule has 1 aliphatic rings. The molecule has 0 bridgehead atoms. The zero-order chi connectivity index (χ0) is 13.2. The van der Waals surface area contributed by atoms with Crippen molar-refractivity contribution < 1.29 is 0 Å². The molecule has 0 unspecified atom stereocenters. The second kappa shape index (κ2) is 5.75. The average molecular weight is 310 g/mol. The number of piperidine rings is 1. The molecule has 100 valence electrons. The van der Waals surface area contributed by atoms with Gasteiger partial charge in [0, 0.05) is 11.4 Å². The van der Waals surface area contributed by atoms with E-state index >= 15 is 0 Å². The van der Waals surface area contributed by atoms with Gasteiger partial charge in [0.2, 0.25) is 0 Å². The first-order valence-corrected chi connectivity index (χ1v) is 7.82. The molecule has 0 aliphatic carbocycles. The first kappa shape index (κ1) is 14.1. The van der Waals surface area contributed by atoms with Crippen molar-refractivity contribution >= 4 is 15.9 Å². The maximum atomic E-state index is 3.71. The molecule has 1 heterocycles. The average Bonchev–Trinajstić information content (AvgIpc) is 2.32. The van der Waals surface area contributed by atoms with Crippen molar-refractivity contribution in [1.82, 2.24) is 4.90 Å². The fourth-order valence-corrected chi connectivity index (χ4v) is 2.84. The third-order valence-corrected chi connectivity index (χ3v) is 4.66. The van der Waals surface area contributed by atoms with Gasteiger partial charge < -0.3 is 0 Å². The number of alkyl halides is 1. The minimum atomic E-state index is 0.257. The molecule has 1 aromatic rings. The summed E-state index contributed by atoms with van der Waals surface area (Å²) in [7, 11) is 0. The van der Waals surface area contributed by atoms with Crippen molar-refractivity contribution in [2.24, 2.45) is 0 Å². The Balaban J connectivity index is 1.94. The molecule has 0 atom stereocenters. The number of halogens is 1. The van der Waals surface area contributed by atoms with E-state index in [-0.39, 0.29) is 5.41 Å². The van der Waals surface area contributed by atoms with Crippen LogP contribution in [0.25, 0.3) is 0 Å². The minimum absolute atomic E-state index is 0.257. The summed E-state index contributed by atoms with van der Waals surface area (Å²) < 4.78 is 0. The molecule has 2 rings (SSSR count). The predicted molar refractivity (Wildman–Crippen MR) is 82.4 cm³/mol. The minimum Gasteiger partial charge on any atom is -0.299 e. The molecule has 0 N–H and O–H groups in total. The zero-order valence-corrected chi connectivity index (χ0v) is 13.3. The fourth-order valence-electron chi connectivity index (χ4n) is 2.43. The molecular formula is C16H24BrN. The molecule has 1 aliphatic heterocycles. The maximum absolute atomic E-state index is 3.71. The number of hydrogen-bond donors (Lipinski definition) is 0. The normalized spacial score (nSPS) is 19.1. The topological polar surface area (TPSA) is 3.24 Å². The quantitative estimate of drug-likeness (QED) is 0.734. The third kappa shape index (κ3) is 3.83. The molecule has 0 saturated carbocycles. The number of nitrogens with zero attached hydrogens (tertiary/aromatic N) is 1. The lowest BCUT2D eigenvalue weighted by Gasteiger charge is -2.29. The van der Waals surface area contributed by atoms with Crippen LogP contribution in [0.2, 0.25) is 0 Å². The lowest BCUT2D eigenvalue weighted by atomic mass is 9.87. The van der Waals surface area contributed by atoms with Crippen LogP contribution in [-0.2, 0) is 12.0 Å². The summed E-state index contributed by atoms with van der Waals surface area (Å²) in [6.45, 7) is 10.3. The zero-order valence-electron chi connectivity index (χ0n) is 11.7. The second-order valence-electron chi connectivity index (χ2n) is 6.40. The second-order valence-corrected chi connectivity index (χ2v) is 7.69. The van der Waals surface area contributed by atoms with Gasteiger partial charge >= 0.3 is 0 Å². The predicted octanol–water partition coefficient (Wildman–Crippen LogP) is 4.34. The van der Waals surface area contributed by atoms with Crippen LogP contribution < -0.4 is 0 Å². The van der Waals surface area contributed by atoms with E-state index in [1.807, 2.05) is 0 Å². The standard InChI is InChI=1S/C16H24BrN/c1-16(2,3)14-6-4-13(5-7-14)12-18-10-8-15(17)9-11-18/h4-7,15H,8-12H2,1-3H3. The first-order valence-electron chi connectivity index (χ1n) is 6.91. The highest BCUT2D eigenvalue weighted by Crippen LogP contribution is 2.23. The van der Waals surface area contributed by atoms with Crippen molar-refractivity contribution in [3.8, 4) is 0 Å². The van der Waals surface area contributed by atoms with Gasteiger partial charge in [-0.15, -0.1) is 0 Å². The molecule has 0 amide bonds. The third-order valence-electron chi connectivity index (χ3n) is 3.74. The van der Waals surface area contributed by atoms with E-state index in [2.05, 4.69) is 65.9 Å². The lowest BCUT2D eigenvalue weighted by Crippen LogP contribution is -2.33. The van der Waals surface area contributed by atoms with Crippen LogP contribution >= 0.6 is 15.9 Å². The summed E-state index contributed by atoms with van der Waals surface area (Å²) in [6.07, 6.45) is 2.56. The number of hydrogen-bond acceptors (Lipinski definition) is 1. The van der Waals surface area contributed by atoms with Crippen molar-refractivity contribution in [2.45, 2.75) is 50.4 Å². The molecule has 1 fully saturated rings. The van der Waals surface area contributed by atoms with Crippen molar-refractivity contribution in [1.29, 1.82) is 0 Å². The van der Waals surface area contributed by atoms with Crippen molar-refractivity contribution in [3.05, 3.63) is 35.4 Å². The largest absolute Gasteiger partial charge is 0.299 e. The molecule has 0 spiro atoms. The smallest absolute Gasteiger partial charge is 0.0233 e. The van der Waals surface area contributed by atoms with E-state index in [4.69, 9.17) is 0 Å². The van der Waals surface area contributed by atoms with Crippen LogP contribution in [0.15, 0.2) is 24.3 Å². The first-order chi connectivity index (χ1) is 8.45. The molecule has 18 heavy (non-hydrogen) atoms. The highest BCUT2D eigenvalue weighted by atomic mass is 79.9. The molecular weight excluding hydrogens is 286 g/mol. The van der Waals surface area contributed by atoms with Crippen LogP contribution in [-0.4, -0.2) is 22.8 Å². The van der Waals surface area contributed by atoms with Gasteiger partial charge in [0.15, 0.2) is 0 Å². The van der Waals surface area contributed by atoms with E-state index in [0.717, 1.165) is 11.4 Å². The van der Waals surface area contributed by atoms with Crippen LogP contribution in [0.5, 0.6) is 0 Å². The van der Waals surface area contributed by atoms with E-state index < -0.39 is 0 Å². The summed E-state index contributed by atoms with van der Waals surface area (Å²) in [5.74, 6) is 0. The Morgan fingerprint density at radius 3 is 2.17 bits per heavy atom. The van der Waals surface area contributed by atoms with Gasteiger partial charge in [0.25, 0.3) is 0 Å². The Morgan fingerprint density at radius 1 is 1.11 bits per heavy atom. The Labute approximate surface area is 120 Å². The molecule has 0 aromatic heterocycles. The Morgan fingerprint density at radius 2 is 1.67 bits per heavy atom. The summed E-state index contributed by atoms with van der Waals surface area (Å²) in [5, 5.41) is 0. The van der Waals surface area contributed by atoms with Gasteiger partial charge in [-0.3, -0.25) is 4.90 Å². The lowest BCUT2D eigenvalue weighted by molar-refractivity contribution is 0.226. The SMILES string of the molecule is CC(C)(C)c1ccc(CN2CCC(Br)CC2)cc1. The Kier molecular flexibility index (Phi) is 4.50. The monoisotopic (exact) mass is 309 g/mol. The van der Waals surface area contributed by atoms with Gasteiger partial charge in [-0.2, -0.15) is 0 Å². The molecule has 0 radical (unpaired) electrons. The highest BCUT2D eigenvalue weighted by molar-refractivity contribution is 9.09. The van der Waals surface area contributed by atoms with Crippen molar-refractivity contribution in [2.75, 3.05) is 13.1 Å². The summed E-state index contributed by atoms with van der Waals surface area (Å²) >= 11 is 3.71. The number of rotatable bonds is 2. The van der Waals surface area contributed by atoms with Crippen molar-refractivity contribution in [3.63, 3.8) is 0 Å². The van der Waals surface area contributed by atoms with Gasteiger partial charge in [0.05, 0.1) is 0 Å². The van der Waals surface area contributed by atoms with Gasteiger partial charge in [-0.05, 0) is 42.5 Å². The van der Waals surface area contributed by atoms with E-state index in [9.17, 15) is 0 Å². The fraction of sp³-hybridized carbons (Fsp3) is 0.625.